The summed E-state index contributed by atoms with van der Waals surface area (Å²) in [5, 5.41) is 8.60. The molecule has 2 aromatic carbocycles. The molecule has 1 saturated heterocycles. The highest BCUT2D eigenvalue weighted by Gasteiger charge is 2.36. The third-order valence-corrected chi connectivity index (χ3v) is 5.28. The number of halogens is 1. The molecule has 0 unspecified atom stereocenters. The highest BCUT2D eigenvalue weighted by atomic mass is 35.5. The summed E-state index contributed by atoms with van der Waals surface area (Å²) in [6.45, 7) is -0.482. The second kappa shape index (κ2) is 9.48. The van der Waals surface area contributed by atoms with Crippen molar-refractivity contribution >= 4 is 46.4 Å². The molecule has 0 N–H and O–H groups in total. The lowest BCUT2D eigenvalue weighted by Crippen LogP contribution is -2.33. The molecule has 30 heavy (non-hydrogen) atoms. The number of hydrogen-bond donors (Lipinski definition) is 0. The molecular weight excluding hydrogens is 428 g/mol. The number of thioether (sulfide) groups is 1. The van der Waals surface area contributed by atoms with E-state index in [0.29, 0.717) is 27.6 Å². The van der Waals surface area contributed by atoms with E-state index in [1.54, 1.807) is 42.5 Å². The van der Waals surface area contributed by atoms with E-state index in [1.807, 2.05) is 6.07 Å². The molecule has 152 valence electrons. The van der Waals surface area contributed by atoms with Gasteiger partial charge < -0.3 is 9.47 Å². The zero-order valence-corrected chi connectivity index (χ0v) is 17.3. The van der Waals surface area contributed by atoms with Gasteiger partial charge in [-0.15, -0.1) is 0 Å². The zero-order valence-electron chi connectivity index (χ0n) is 15.8. The predicted molar refractivity (Wildman–Crippen MR) is 113 cm³/mol. The maximum atomic E-state index is 12.7. The van der Waals surface area contributed by atoms with E-state index in [2.05, 4.69) is 0 Å². The van der Waals surface area contributed by atoms with Gasteiger partial charge in [0.1, 0.15) is 6.07 Å². The minimum atomic E-state index is -0.545. The number of rotatable bonds is 7. The Morgan fingerprint density at radius 2 is 1.93 bits per heavy atom. The summed E-state index contributed by atoms with van der Waals surface area (Å²) >= 11 is 6.57. The summed E-state index contributed by atoms with van der Waals surface area (Å²) in [6.07, 6.45) is 1.54. The SMILES string of the molecule is COc1cc(/C=C2\SC(=O)N(CC(=O)c3ccc(Cl)cc3)C2=O)ccc1OCC#N. The highest BCUT2D eigenvalue weighted by Crippen LogP contribution is 2.34. The van der Waals surface area contributed by atoms with Gasteiger partial charge in [0, 0.05) is 10.6 Å². The quantitative estimate of drug-likeness (QED) is 0.469. The molecule has 0 aromatic heterocycles. The van der Waals surface area contributed by atoms with Gasteiger partial charge in [-0.2, -0.15) is 5.26 Å². The lowest BCUT2D eigenvalue weighted by atomic mass is 10.1. The van der Waals surface area contributed by atoms with Crippen molar-refractivity contribution in [3.63, 3.8) is 0 Å². The van der Waals surface area contributed by atoms with E-state index in [9.17, 15) is 14.4 Å². The van der Waals surface area contributed by atoms with E-state index in [1.165, 1.54) is 13.2 Å². The normalized spacial score (nSPS) is 14.7. The summed E-state index contributed by atoms with van der Waals surface area (Å²) in [5.74, 6) is -0.138. The number of ether oxygens (including phenoxy) is 2. The molecule has 1 heterocycles. The molecule has 0 bridgehead atoms. The van der Waals surface area contributed by atoms with Gasteiger partial charge in [-0.05, 0) is 59.8 Å². The van der Waals surface area contributed by atoms with Gasteiger partial charge in [0.05, 0.1) is 18.6 Å². The number of methoxy groups -OCH3 is 1. The van der Waals surface area contributed by atoms with Crippen molar-refractivity contribution in [3.05, 3.63) is 63.5 Å². The van der Waals surface area contributed by atoms with Gasteiger partial charge >= 0.3 is 0 Å². The number of Topliss-reactive ketones (excluding diaryl/α,β-unsaturated/α-hetero) is 1. The van der Waals surface area contributed by atoms with Crippen molar-refractivity contribution in [2.75, 3.05) is 20.3 Å². The Hall–Kier alpha value is -3.28. The molecule has 9 heteroatoms. The molecule has 0 atom stereocenters. The number of nitrogens with zero attached hydrogens (tertiary/aromatic N) is 2. The molecule has 2 amide bonds. The number of carbonyl (C=O) groups excluding carboxylic acids is 3. The largest absolute Gasteiger partial charge is 0.493 e. The first-order valence-corrected chi connectivity index (χ1v) is 9.84. The number of carbonyl (C=O) groups is 3. The minimum Gasteiger partial charge on any atom is -0.493 e. The first-order valence-electron chi connectivity index (χ1n) is 8.65. The van der Waals surface area contributed by atoms with Crippen LogP contribution in [0.3, 0.4) is 0 Å². The smallest absolute Gasteiger partial charge is 0.293 e. The van der Waals surface area contributed by atoms with Crippen LogP contribution in [0, 0.1) is 11.3 Å². The number of nitriles is 1. The van der Waals surface area contributed by atoms with Crippen molar-refractivity contribution in [2.24, 2.45) is 0 Å². The molecule has 0 aliphatic carbocycles. The highest BCUT2D eigenvalue weighted by molar-refractivity contribution is 8.18. The van der Waals surface area contributed by atoms with Crippen LogP contribution >= 0.6 is 23.4 Å². The second-order valence-electron chi connectivity index (χ2n) is 6.06. The van der Waals surface area contributed by atoms with E-state index in [4.69, 9.17) is 26.3 Å². The monoisotopic (exact) mass is 442 g/mol. The standard InChI is InChI=1S/C21H15ClN2O5S/c1-28-18-10-13(2-7-17(18)29-9-8-23)11-19-20(26)24(21(27)30-19)12-16(25)14-3-5-15(22)6-4-14/h2-7,10-11H,9,12H2,1H3/b19-11-. The summed E-state index contributed by atoms with van der Waals surface area (Å²) in [7, 11) is 1.45. The summed E-state index contributed by atoms with van der Waals surface area (Å²) in [4.78, 5) is 38.4. The van der Waals surface area contributed by atoms with Crippen LogP contribution in [-0.2, 0) is 4.79 Å². The Morgan fingerprint density at radius 3 is 2.60 bits per heavy atom. The third kappa shape index (κ3) is 4.82. The van der Waals surface area contributed by atoms with Crippen molar-refractivity contribution in [3.8, 4) is 17.6 Å². The summed E-state index contributed by atoms with van der Waals surface area (Å²) in [6, 6.07) is 13.0. The van der Waals surface area contributed by atoms with Gasteiger partial charge in [-0.25, -0.2) is 0 Å². The number of imide groups is 1. The molecular formula is C21H15ClN2O5S. The fourth-order valence-corrected chi connectivity index (χ4v) is 3.63. The molecule has 2 aromatic rings. The Labute approximate surface area is 181 Å². The minimum absolute atomic E-state index is 0.129. The lowest BCUT2D eigenvalue weighted by Gasteiger charge is -2.11. The predicted octanol–water partition coefficient (Wildman–Crippen LogP) is 4.17. The lowest BCUT2D eigenvalue weighted by molar-refractivity contribution is -0.122. The average Bonchev–Trinajstić information content (AvgIpc) is 3.00. The van der Waals surface area contributed by atoms with Gasteiger partial charge in [0.2, 0.25) is 0 Å². The number of ketones is 1. The zero-order chi connectivity index (χ0) is 21.7. The van der Waals surface area contributed by atoms with Gasteiger partial charge in [-0.1, -0.05) is 17.7 Å². The van der Waals surface area contributed by atoms with Crippen LogP contribution in [0.2, 0.25) is 5.02 Å². The second-order valence-corrected chi connectivity index (χ2v) is 7.48. The number of hydrogen-bond acceptors (Lipinski definition) is 7. The van der Waals surface area contributed by atoms with E-state index in [0.717, 1.165) is 16.7 Å². The van der Waals surface area contributed by atoms with Crippen molar-refractivity contribution in [1.29, 1.82) is 5.26 Å². The Bertz CT molecular complexity index is 1080. The Balaban J connectivity index is 1.77. The number of benzene rings is 2. The average molecular weight is 443 g/mol. The Morgan fingerprint density at radius 1 is 1.20 bits per heavy atom. The van der Waals surface area contributed by atoms with Crippen LogP contribution in [0.25, 0.3) is 6.08 Å². The third-order valence-electron chi connectivity index (χ3n) is 4.12. The van der Waals surface area contributed by atoms with Crippen LogP contribution in [0.15, 0.2) is 47.4 Å². The van der Waals surface area contributed by atoms with Crippen LogP contribution in [0.4, 0.5) is 4.79 Å². The van der Waals surface area contributed by atoms with E-state index < -0.39 is 11.1 Å². The van der Waals surface area contributed by atoms with Crippen molar-refractivity contribution in [1.82, 2.24) is 4.90 Å². The van der Waals surface area contributed by atoms with Crippen LogP contribution in [0.5, 0.6) is 11.5 Å². The van der Waals surface area contributed by atoms with Gasteiger partial charge in [-0.3, -0.25) is 19.3 Å². The van der Waals surface area contributed by atoms with E-state index in [-0.39, 0.29) is 23.8 Å². The molecule has 1 aliphatic heterocycles. The molecule has 0 spiro atoms. The van der Waals surface area contributed by atoms with Gasteiger partial charge in [0.15, 0.2) is 23.9 Å². The topological polar surface area (TPSA) is 96.7 Å². The first kappa shape index (κ1) is 21.4. The molecule has 1 aliphatic rings. The fourth-order valence-electron chi connectivity index (χ4n) is 2.66. The van der Waals surface area contributed by atoms with Crippen LogP contribution < -0.4 is 9.47 Å². The fraction of sp³-hybridized carbons (Fsp3) is 0.143. The summed E-state index contributed by atoms with van der Waals surface area (Å²) in [5.41, 5.74) is 0.964. The molecule has 3 rings (SSSR count). The molecule has 7 nitrogen and oxygen atoms in total. The van der Waals surface area contributed by atoms with Crippen LogP contribution in [-0.4, -0.2) is 42.1 Å². The first-order chi connectivity index (χ1) is 14.4. The van der Waals surface area contributed by atoms with E-state index >= 15 is 0 Å². The van der Waals surface area contributed by atoms with Crippen molar-refractivity contribution in [2.45, 2.75) is 0 Å². The Kier molecular flexibility index (Phi) is 6.77. The molecule has 0 radical (unpaired) electrons. The van der Waals surface area contributed by atoms with Crippen LogP contribution in [0.1, 0.15) is 15.9 Å². The maximum absolute atomic E-state index is 12.7. The molecule has 1 fully saturated rings. The van der Waals surface area contributed by atoms with Gasteiger partial charge in [0.25, 0.3) is 11.1 Å². The molecule has 0 saturated carbocycles. The number of amides is 2. The summed E-state index contributed by atoms with van der Waals surface area (Å²) < 4.78 is 10.5. The van der Waals surface area contributed by atoms with Crippen molar-refractivity contribution < 1.29 is 23.9 Å². The maximum Gasteiger partial charge on any atom is 0.293 e.